The molecule has 0 spiro atoms. The van der Waals surface area contributed by atoms with Gasteiger partial charge in [-0.05, 0) is 24.3 Å². The fourth-order valence-electron chi connectivity index (χ4n) is 2.78. The summed E-state index contributed by atoms with van der Waals surface area (Å²) in [6.07, 6.45) is 2.85. The minimum absolute atomic E-state index is 0.0896. The summed E-state index contributed by atoms with van der Waals surface area (Å²) in [6, 6.07) is 12.1. The van der Waals surface area contributed by atoms with Crippen LogP contribution in [0.1, 0.15) is 10.5 Å². The van der Waals surface area contributed by atoms with E-state index in [4.69, 9.17) is 27.9 Å². The lowest BCUT2D eigenvalue weighted by Gasteiger charge is -2.11. The number of carbonyl (C=O) groups is 2. The van der Waals surface area contributed by atoms with Gasteiger partial charge in [-0.2, -0.15) is 5.10 Å². The zero-order valence-electron chi connectivity index (χ0n) is 14.7. The first-order valence-electron chi connectivity index (χ1n) is 8.40. The molecule has 4 rings (SSSR count). The molecule has 146 valence electrons. The third-order valence-corrected chi connectivity index (χ3v) is 4.71. The van der Waals surface area contributed by atoms with Crippen molar-refractivity contribution in [2.24, 2.45) is 0 Å². The van der Waals surface area contributed by atoms with Crippen LogP contribution in [0.2, 0.25) is 10.0 Å². The summed E-state index contributed by atoms with van der Waals surface area (Å²) in [5.74, 6) is -1.28. The van der Waals surface area contributed by atoms with Gasteiger partial charge in [0.05, 0.1) is 16.4 Å². The molecular formula is C19H13Cl2N5O3. The quantitative estimate of drug-likeness (QED) is 0.469. The highest BCUT2D eigenvalue weighted by atomic mass is 35.5. The number of fused-ring (bicyclic) bond motifs is 1. The molecule has 2 heterocycles. The Morgan fingerprint density at radius 3 is 2.76 bits per heavy atom. The van der Waals surface area contributed by atoms with Gasteiger partial charge in [-0.15, -0.1) is 0 Å². The summed E-state index contributed by atoms with van der Waals surface area (Å²) in [7, 11) is 0. The highest BCUT2D eigenvalue weighted by Gasteiger charge is 2.19. The molecule has 0 saturated carbocycles. The number of ether oxygens (including phenoxy) is 1. The molecule has 0 saturated heterocycles. The van der Waals surface area contributed by atoms with E-state index in [0.717, 1.165) is 0 Å². The number of rotatable bonds is 5. The number of hydrogen-bond acceptors (Lipinski definition) is 5. The molecule has 0 aliphatic heterocycles. The number of aromatic nitrogens is 4. The molecule has 0 radical (unpaired) electrons. The summed E-state index contributed by atoms with van der Waals surface area (Å²) in [5, 5.41) is 8.05. The third kappa shape index (κ3) is 3.94. The van der Waals surface area contributed by atoms with E-state index >= 15 is 0 Å². The molecule has 29 heavy (non-hydrogen) atoms. The number of H-pyrrole nitrogens is 1. The minimum atomic E-state index is -0.732. The topological polar surface area (TPSA) is 102 Å². The van der Waals surface area contributed by atoms with Crippen LogP contribution in [-0.2, 0) is 9.53 Å². The minimum Gasteiger partial charge on any atom is -0.451 e. The zero-order chi connectivity index (χ0) is 20.4. The second kappa shape index (κ2) is 7.94. The maximum absolute atomic E-state index is 12.3. The van der Waals surface area contributed by atoms with Gasteiger partial charge in [0.15, 0.2) is 6.61 Å². The molecule has 2 aromatic carbocycles. The molecule has 0 fully saturated rings. The average molecular weight is 430 g/mol. The largest absolute Gasteiger partial charge is 0.451 e. The fourth-order valence-corrected chi connectivity index (χ4v) is 3.24. The van der Waals surface area contributed by atoms with Crippen molar-refractivity contribution < 1.29 is 14.3 Å². The number of para-hydroxylation sites is 1. The zero-order valence-corrected chi connectivity index (χ0v) is 16.2. The number of nitrogens with zero attached hydrogens (tertiary/aromatic N) is 3. The first-order chi connectivity index (χ1) is 14.0. The van der Waals surface area contributed by atoms with E-state index in [0.29, 0.717) is 27.3 Å². The maximum atomic E-state index is 12.3. The SMILES string of the molecule is O=C(COC(=O)c1[nH]c2ccccc2c1Cl)Nc1cc(Cl)ccc1-n1cncn1. The molecule has 0 atom stereocenters. The molecule has 0 aliphatic carbocycles. The van der Waals surface area contributed by atoms with E-state index in [1.807, 2.05) is 12.1 Å². The molecule has 2 N–H and O–H groups in total. The Hall–Kier alpha value is -3.36. The van der Waals surface area contributed by atoms with Crippen LogP contribution in [0.3, 0.4) is 0 Å². The van der Waals surface area contributed by atoms with Crippen molar-refractivity contribution in [3.63, 3.8) is 0 Å². The van der Waals surface area contributed by atoms with Gasteiger partial charge in [0.25, 0.3) is 5.91 Å². The molecule has 0 unspecified atom stereocenters. The molecule has 8 nitrogen and oxygen atoms in total. The monoisotopic (exact) mass is 429 g/mol. The molecule has 10 heteroatoms. The number of anilines is 1. The Labute approximate surface area is 174 Å². The number of aromatic amines is 1. The van der Waals surface area contributed by atoms with E-state index in [-0.39, 0.29) is 10.7 Å². The van der Waals surface area contributed by atoms with Gasteiger partial charge in [0.1, 0.15) is 18.3 Å². The number of hydrogen-bond donors (Lipinski definition) is 2. The average Bonchev–Trinajstić information content (AvgIpc) is 3.35. The first-order valence-corrected chi connectivity index (χ1v) is 9.16. The summed E-state index contributed by atoms with van der Waals surface area (Å²) in [6.45, 7) is -0.506. The van der Waals surface area contributed by atoms with Crippen LogP contribution in [0.5, 0.6) is 0 Å². The molecule has 4 aromatic rings. The molecule has 1 amide bonds. The molecular weight excluding hydrogens is 417 g/mol. The number of halogens is 2. The Balaban J connectivity index is 1.46. The van der Waals surface area contributed by atoms with Crippen LogP contribution >= 0.6 is 23.2 Å². The van der Waals surface area contributed by atoms with Crippen molar-refractivity contribution >= 4 is 51.7 Å². The van der Waals surface area contributed by atoms with Crippen LogP contribution in [0.15, 0.2) is 55.1 Å². The second-order valence-electron chi connectivity index (χ2n) is 5.99. The second-order valence-corrected chi connectivity index (χ2v) is 6.80. The van der Waals surface area contributed by atoms with Gasteiger partial charge in [-0.25, -0.2) is 14.5 Å². The lowest BCUT2D eigenvalue weighted by atomic mass is 10.2. The lowest BCUT2D eigenvalue weighted by Crippen LogP contribution is -2.22. The van der Waals surface area contributed by atoms with E-state index < -0.39 is 18.5 Å². The molecule has 2 aromatic heterocycles. The summed E-state index contributed by atoms with van der Waals surface area (Å²) in [4.78, 5) is 31.4. The Morgan fingerprint density at radius 1 is 1.17 bits per heavy atom. The van der Waals surface area contributed by atoms with Gasteiger partial charge in [0, 0.05) is 15.9 Å². The standard InChI is InChI=1S/C19H13Cl2N5O3/c20-11-5-6-15(26-10-22-9-23-26)14(7-11)24-16(27)8-29-19(28)18-17(21)12-3-1-2-4-13(12)25-18/h1-7,9-10,25H,8H2,(H,24,27). The molecule has 0 aliphatic rings. The van der Waals surface area contributed by atoms with Gasteiger partial charge in [0.2, 0.25) is 0 Å². The van der Waals surface area contributed by atoms with Gasteiger partial charge < -0.3 is 15.0 Å². The normalized spacial score (nSPS) is 10.8. The van der Waals surface area contributed by atoms with Crippen molar-refractivity contribution in [1.29, 1.82) is 0 Å². The fraction of sp³-hybridized carbons (Fsp3) is 0.0526. The summed E-state index contributed by atoms with van der Waals surface area (Å²) >= 11 is 12.3. The lowest BCUT2D eigenvalue weighted by molar-refractivity contribution is -0.119. The van der Waals surface area contributed by atoms with E-state index in [9.17, 15) is 9.59 Å². The van der Waals surface area contributed by atoms with Crippen LogP contribution in [0.4, 0.5) is 5.69 Å². The van der Waals surface area contributed by atoms with Crippen molar-refractivity contribution in [2.45, 2.75) is 0 Å². The highest BCUT2D eigenvalue weighted by molar-refractivity contribution is 6.38. The Morgan fingerprint density at radius 2 is 2.00 bits per heavy atom. The summed E-state index contributed by atoms with van der Waals surface area (Å²) in [5.41, 5.74) is 1.75. The van der Waals surface area contributed by atoms with Crippen molar-refractivity contribution in [3.8, 4) is 5.69 Å². The predicted octanol–water partition coefficient (Wildman–Crippen LogP) is 3.85. The highest BCUT2D eigenvalue weighted by Crippen LogP contribution is 2.28. The van der Waals surface area contributed by atoms with Gasteiger partial charge in [-0.3, -0.25) is 4.79 Å². The molecule has 0 bridgehead atoms. The van der Waals surface area contributed by atoms with Crippen LogP contribution < -0.4 is 5.32 Å². The smallest absolute Gasteiger partial charge is 0.356 e. The Bertz CT molecular complexity index is 1200. The van der Waals surface area contributed by atoms with Crippen molar-refractivity contribution in [1.82, 2.24) is 19.7 Å². The van der Waals surface area contributed by atoms with Crippen molar-refractivity contribution in [3.05, 3.63) is 70.9 Å². The van der Waals surface area contributed by atoms with E-state index in [2.05, 4.69) is 20.4 Å². The first kappa shape index (κ1) is 19.0. The number of amides is 1. The number of nitrogens with one attached hydrogen (secondary N) is 2. The van der Waals surface area contributed by atoms with Crippen LogP contribution in [-0.4, -0.2) is 38.2 Å². The van der Waals surface area contributed by atoms with Gasteiger partial charge in [-0.1, -0.05) is 41.4 Å². The van der Waals surface area contributed by atoms with Gasteiger partial charge >= 0.3 is 5.97 Å². The van der Waals surface area contributed by atoms with E-state index in [1.54, 1.807) is 30.3 Å². The number of esters is 1. The van der Waals surface area contributed by atoms with Crippen molar-refractivity contribution in [2.75, 3.05) is 11.9 Å². The van der Waals surface area contributed by atoms with Crippen LogP contribution in [0.25, 0.3) is 16.6 Å². The third-order valence-electron chi connectivity index (χ3n) is 4.08. The maximum Gasteiger partial charge on any atom is 0.356 e. The summed E-state index contributed by atoms with van der Waals surface area (Å²) < 4.78 is 6.57. The number of carbonyl (C=O) groups excluding carboxylic acids is 2. The Kier molecular flexibility index (Phi) is 5.20. The van der Waals surface area contributed by atoms with Crippen LogP contribution in [0, 0.1) is 0 Å². The van der Waals surface area contributed by atoms with E-state index in [1.165, 1.54) is 17.3 Å². The number of benzene rings is 2. The predicted molar refractivity (Wildman–Crippen MR) is 109 cm³/mol.